The maximum atomic E-state index is 11.8. The van der Waals surface area contributed by atoms with Crippen molar-refractivity contribution < 1.29 is 9.66 Å². The predicted octanol–water partition coefficient (Wildman–Crippen LogP) is 2.71. The third-order valence-electron chi connectivity index (χ3n) is 3.35. The van der Waals surface area contributed by atoms with Gasteiger partial charge in [-0.2, -0.15) is 0 Å². The number of pyridine rings is 1. The average Bonchev–Trinajstić information content (AvgIpc) is 2.41. The van der Waals surface area contributed by atoms with Crippen molar-refractivity contribution in [2.75, 3.05) is 7.11 Å². The molecule has 0 saturated carbocycles. The standard InChI is InChI=1S/C14H16N2O4/c1-4-5-9-11(16(18)19)7-6-10-12(9)13(20-3)8(2)14(17)15-10/h6-7H,4-5H2,1-3H3,(H,15,17). The van der Waals surface area contributed by atoms with Crippen LogP contribution in [0.25, 0.3) is 10.9 Å². The molecule has 6 nitrogen and oxygen atoms in total. The molecule has 0 spiro atoms. The minimum atomic E-state index is -0.398. The molecule has 2 rings (SSSR count). The SMILES string of the molecule is CCCc1c([N+](=O)[O-])ccc2[nH]c(=O)c(C)c(OC)c12. The quantitative estimate of drug-likeness (QED) is 0.687. The normalized spacial score (nSPS) is 10.8. The Morgan fingerprint density at radius 3 is 2.65 bits per heavy atom. The summed E-state index contributed by atoms with van der Waals surface area (Å²) in [5, 5.41) is 11.8. The first-order valence-corrected chi connectivity index (χ1v) is 6.38. The molecule has 0 bridgehead atoms. The Morgan fingerprint density at radius 2 is 2.10 bits per heavy atom. The second-order valence-electron chi connectivity index (χ2n) is 4.61. The van der Waals surface area contributed by atoms with E-state index in [1.807, 2.05) is 6.92 Å². The molecule has 1 heterocycles. The van der Waals surface area contributed by atoms with Crippen LogP contribution >= 0.6 is 0 Å². The minimum Gasteiger partial charge on any atom is -0.496 e. The number of aromatic nitrogens is 1. The van der Waals surface area contributed by atoms with Gasteiger partial charge in [0.15, 0.2) is 0 Å². The smallest absolute Gasteiger partial charge is 0.273 e. The monoisotopic (exact) mass is 276 g/mol. The Hall–Kier alpha value is -2.37. The first-order chi connectivity index (χ1) is 9.51. The van der Waals surface area contributed by atoms with E-state index in [1.165, 1.54) is 13.2 Å². The van der Waals surface area contributed by atoms with Crippen LogP contribution in [0.4, 0.5) is 5.69 Å². The summed E-state index contributed by atoms with van der Waals surface area (Å²) in [7, 11) is 1.47. The molecular formula is C14H16N2O4. The van der Waals surface area contributed by atoms with Crippen molar-refractivity contribution in [3.8, 4) is 5.75 Å². The number of H-pyrrole nitrogens is 1. The van der Waals surface area contributed by atoms with E-state index in [1.54, 1.807) is 13.0 Å². The van der Waals surface area contributed by atoms with E-state index in [4.69, 9.17) is 4.74 Å². The van der Waals surface area contributed by atoms with E-state index < -0.39 is 4.92 Å². The van der Waals surface area contributed by atoms with Crippen molar-refractivity contribution in [1.82, 2.24) is 4.98 Å². The van der Waals surface area contributed by atoms with Crippen molar-refractivity contribution in [3.05, 3.63) is 43.7 Å². The second-order valence-corrected chi connectivity index (χ2v) is 4.61. The number of hydrogen-bond donors (Lipinski definition) is 1. The average molecular weight is 276 g/mol. The topological polar surface area (TPSA) is 85.2 Å². The first-order valence-electron chi connectivity index (χ1n) is 6.38. The second kappa shape index (κ2) is 5.32. The molecule has 0 saturated heterocycles. The van der Waals surface area contributed by atoms with Gasteiger partial charge in [0.05, 0.1) is 28.5 Å². The number of hydrogen-bond acceptors (Lipinski definition) is 4. The van der Waals surface area contributed by atoms with Crippen LogP contribution in [0, 0.1) is 17.0 Å². The van der Waals surface area contributed by atoms with Gasteiger partial charge in [-0.15, -0.1) is 0 Å². The molecule has 0 atom stereocenters. The molecule has 20 heavy (non-hydrogen) atoms. The fourth-order valence-electron chi connectivity index (χ4n) is 2.44. The summed E-state index contributed by atoms with van der Waals surface area (Å²) < 4.78 is 5.32. The maximum absolute atomic E-state index is 11.8. The number of aromatic amines is 1. The van der Waals surface area contributed by atoms with Gasteiger partial charge >= 0.3 is 0 Å². The lowest BCUT2D eigenvalue weighted by atomic mass is 9.99. The molecule has 106 valence electrons. The maximum Gasteiger partial charge on any atom is 0.273 e. The summed E-state index contributed by atoms with van der Waals surface area (Å²) in [5.74, 6) is 0.413. The predicted molar refractivity (Wildman–Crippen MR) is 76.5 cm³/mol. The van der Waals surface area contributed by atoms with Crippen LogP contribution in [0.5, 0.6) is 5.75 Å². The number of nitrogens with one attached hydrogen (secondary N) is 1. The van der Waals surface area contributed by atoms with Gasteiger partial charge in [-0.3, -0.25) is 14.9 Å². The molecule has 0 unspecified atom stereocenters. The molecule has 1 N–H and O–H groups in total. The lowest BCUT2D eigenvalue weighted by molar-refractivity contribution is -0.385. The number of aryl methyl sites for hydroxylation is 1. The summed E-state index contributed by atoms with van der Waals surface area (Å²) in [5.41, 5.74) is 1.41. The minimum absolute atomic E-state index is 0.0594. The third-order valence-corrected chi connectivity index (χ3v) is 3.35. The van der Waals surface area contributed by atoms with Crippen molar-refractivity contribution in [2.45, 2.75) is 26.7 Å². The third kappa shape index (κ3) is 2.13. The zero-order valence-corrected chi connectivity index (χ0v) is 11.6. The Balaban J connectivity index is 2.98. The zero-order chi connectivity index (χ0) is 14.9. The van der Waals surface area contributed by atoms with Gasteiger partial charge in [-0.05, 0) is 19.4 Å². The lowest BCUT2D eigenvalue weighted by Crippen LogP contribution is -2.12. The van der Waals surface area contributed by atoms with E-state index in [2.05, 4.69) is 4.98 Å². The lowest BCUT2D eigenvalue weighted by Gasteiger charge is -2.12. The van der Waals surface area contributed by atoms with Gasteiger partial charge in [0, 0.05) is 11.6 Å². The van der Waals surface area contributed by atoms with Crippen LogP contribution in [0.15, 0.2) is 16.9 Å². The molecule has 2 aromatic rings. The van der Waals surface area contributed by atoms with Gasteiger partial charge < -0.3 is 9.72 Å². The fraction of sp³-hybridized carbons (Fsp3) is 0.357. The molecular weight excluding hydrogens is 260 g/mol. The van der Waals surface area contributed by atoms with Crippen LogP contribution in [-0.4, -0.2) is 17.0 Å². The van der Waals surface area contributed by atoms with E-state index in [0.717, 1.165) is 6.42 Å². The molecule has 0 fully saturated rings. The molecule has 0 amide bonds. The molecule has 0 aliphatic rings. The first kappa shape index (κ1) is 14.0. The highest BCUT2D eigenvalue weighted by Gasteiger charge is 2.21. The highest BCUT2D eigenvalue weighted by Crippen LogP contribution is 2.34. The summed E-state index contributed by atoms with van der Waals surface area (Å²) in [4.78, 5) is 25.4. The van der Waals surface area contributed by atoms with E-state index in [9.17, 15) is 14.9 Å². The highest BCUT2D eigenvalue weighted by atomic mass is 16.6. The van der Waals surface area contributed by atoms with E-state index in [0.29, 0.717) is 34.2 Å². The number of ether oxygens (including phenoxy) is 1. The van der Waals surface area contributed by atoms with Gasteiger partial charge in [0.2, 0.25) is 0 Å². The summed E-state index contributed by atoms with van der Waals surface area (Å²) in [6.07, 6.45) is 1.32. The van der Waals surface area contributed by atoms with E-state index in [-0.39, 0.29) is 11.2 Å². The van der Waals surface area contributed by atoms with Crippen LogP contribution < -0.4 is 10.3 Å². The molecule has 6 heteroatoms. The van der Waals surface area contributed by atoms with E-state index >= 15 is 0 Å². The Morgan fingerprint density at radius 1 is 1.40 bits per heavy atom. The fourth-order valence-corrected chi connectivity index (χ4v) is 2.44. The molecule has 1 aromatic heterocycles. The number of nitro benzene ring substituents is 1. The van der Waals surface area contributed by atoms with Crippen molar-refractivity contribution in [1.29, 1.82) is 0 Å². The number of benzene rings is 1. The molecule has 0 aliphatic carbocycles. The summed E-state index contributed by atoms with van der Waals surface area (Å²) >= 11 is 0. The Kier molecular flexibility index (Phi) is 3.74. The van der Waals surface area contributed by atoms with Crippen LogP contribution in [0.3, 0.4) is 0 Å². The Labute approximate surface area is 115 Å². The highest BCUT2D eigenvalue weighted by molar-refractivity contribution is 5.92. The molecule has 0 aliphatic heterocycles. The zero-order valence-electron chi connectivity index (χ0n) is 11.6. The number of fused-ring (bicyclic) bond motifs is 1. The van der Waals surface area contributed by atoms with Crippen molar-refractivity contribution >= 4 is 16.6 Å². The van der Waals surface area contributed by atoms with Crippen molar-refractivity contribution in [3.63, 3.8) is 0 Å². The Bertz CT molecular complexity index is 734. The van der Waals surface area contributed by atoms with Gasteiger partial charge in [-0.1, -0.05) is 13.3 Å². The summed E-state index contributed by atoms with van der Waals surface area (Å²) in [6, 6.07) is 2.98. The van der Waals surface area contributed by atoms with Gasteiger partial charge in [0.1, 0.15) is 5.75 Å². The van der Waals surface area contributed by atoms with Gasteiger partial charge in [0.25, 0.3) is 11.2 Å². The van der Waals surface area contributed by atoms with Crippen LogP contribution in [0.2, 0.25) is 0 Å². The largest absolute Gasteiger partial charge is 0.496 e. The number of nitrogens with zero attached hydrogens (tertiary/aromatic N) is 1. The van der Waals surface area contributed by atoms with Crippen LogP contribution in [0.1, 0.15) is 24.5 Å². The molecule has 1 aromatic carbocycles. The number of rotatable bonds is 4. The number of nitro groups is 1. The number of methoxy groups -OCH3 is 1. The van der Waals surface area contributed by atoms with Crippen molar-refractivity contribution in [2.24, 2.45) is 0 Å². The summed E-state index contributed by atoms with van der Waals surface area (Å²) in [6.45, 7) is 3.60. The van der Waals surface area contributed by atoms with Crippen LogP contribution in [-0.2, 0) is 6.42 Å². The molecule has 0 radical (unpaired) electrons. The van der Waals surface area contributed by atoms with Gasteiger partial charge in [-0.25, -0.2) is 0 Å².